The second-order valence-corrected chi connectivity index (χ2v) is 4.46. The van der Waals surface area contributed by atoms with Crippen molar-refractivity contribution in [3.63, 3.8) is 0 Å². The molecule has 106 valence electrons. The lowest BCUT2D eigenvalue weighted by Crippen LogP contribution is -2.31. The normalized spacial score (nSPS) is 17.8. The van der Waals surface area contributed by atoms with Crippen LogP contribution in [0.15, 0.2) is 12.1 Å². The number of aromatic nitrogens is 1. The molecule has 0 saturated carbocycles. The summed E-state index contributed by atoms with van der Waals surface area (Å²) in [5.41, 5.74) is 0.313. The van der Waals surface area contributed by atoms with Crippen molar-refractivity contribution >= 4 is 24.1 Å². The summed E-state index contributed by atoms with van der Waals surface area (Å²) < 4.78 is 1.29. The van der Waals surface area contributed by atoms with Crippen LogP contribution in [0.2, 0.25) is 0 Å². The standard InChI is InChI=1S/C11H16N4O3.ClH/c1-14-9(2-3-10(14)15(17)18)11(16)13-7-8-4-5-12-6-8;/h2-3,8,12H,4-7H2,1H3,(H,13,16);1H. The van der Waals surface area contributed by atoms with Gasteiger partial charge in [0, 0.05) is 12.6 Å². The Bertz CT molecular complexity index is 469. The van der Waals surface area contributed by atoms with Crippen molar-refractivity contribution in [1.82, 2.24) is 15.2 Å². The smallest absolute Gasteiger partial charge is 0.323 e. The highest BCUT2D eigenvalue weighted by Gasteiger charge is 2.22. The molecule has 2 N–H and O–H groups in total. The molecule has 8 heteroatoms. The molecule has 1 aromatic rings. The molecule has 19 heavy (non-hydrogen) atoms. The van der Waals surface area contributed by atoms with Crippen LogP contribution in [0, 0.1) is 16.0 Å². The van der Waals surface area contributed by atoms with Gasteiger partial charge in [-0.1, -0.05) is 0 Å². The zero-order valence-corrected chi connectivity index (χ0v) is 11.4. The average Bonchev–Trinajstić information content (AvgIpc) is 2.94. The highest BCUT2D eigenvalue weighted by molar-refractivity contribution is 5.93. The lowest BCUT2D eigenvalue weighted by atomic mass is 10.1. The largest absolute Gasteiger partial charge is 0.358 e. The average molecular weight is 289 g/mol. The molecule has 1 aliphatic heterocycles. The number of hydrogen-bond donors (Lipinski definition) is 2. The van der Waals surface area contributed by atoms with E-state index in [4.69, 9.17) is 0 Å². The van der Waals surface area contributed by atoms with Crippen molar-refractivity contribution in [3.05, 3.63) is 27.9 Å². The molecular weight excluding hydrogens is 272 g/mol. The summed E-state index contributed by atoms with van der Waals surface area (Å²) in [6, 6.07) is 2.81. The third-order valence-corrected chi connectivity index (χ3v) is 3.23. The van der Waals surface area contributed by atoms with E-state index in [1.807, 2.05) is 0 Å². The minimum atomic E-state index is -0.502. The van der Waals surface area contributed by atoms with Crippen LogP contribution in [0.4, 0.5) is 5.82 Å². The number of amides is 1. The summed E-state index contributed by atoms with van der Waals surface area (Å²) in [7, 11) is 1.52. The van der Waals surface area contributed by atoms with E-state index in [0.29, 0.717) is 18.2 Å². The van der Waals surface area contributed by atoms with E-state index in [1.165, 1.54) is 23.7 Å². The quantitative estimate of drug-likeness (QED) is 0.630. The molecule has 1 fully saturated rings. The summed E-state index contributed by atoms with van der Waals surface area (Å²) in [4.78, 5) is 22.1. The van der Waals surface area contributed by atoms with Gasteiger partial charge in [0.25, 0.3) is 5.91 Å². The van der Waals surface area contributed by atoms with Gasteiger partial charge < -0.3 is 20.7 Å². The number of rotatable bonds is 4. The zero-order valence-electron chi connectivity index (χ0n) is 10.6. The maximum atomic E-state index is 11.9. The summed E-state index contributed by atoms with van der Waals surface area (Å²) in [5.74, 6) is 0.101. The molecule has 1 aromatic heterocycles. The fourth-order valence-corrected chi connectivity index (χ4v) is 2.13. The molecule has 0 aliphatic carbocycles. The fraction of sp³-hybridized carbons (Fsp3) is 0.545. The van der Waals surface area contributed by atoms with Gasteiger partial charge in [-0.25, -0.2) is 4.57 Å². The minimum absolute atomic E-state index is 0. The minimum Gasteiger partial charge on any atom is -0.358 e. The first-order valence-corrected chi connectivity index (χ1v) is 5.88. The first kappa shape index (κ1) is 15.5. The maximum Gasteiger partial charge on any atom is 0.323 e. The maximum absolute atomic E-state index is 11.9. The van der Waals surface area contributed by atoms with Crippen molar-refractivity contribution in [2.75, 3.05) is 19.6 Å². The summed E-state index contributed by atoms with van der Waals surface area (Å²) in [6.07, 6.45) is 1.05. The van der Waals surface area contributed by atoms with Gasteiger partial charge in [-0.2, -0.15) is 0 Å². The van der Waals surface area contributed by atoms with Gasteiger partial charge in [-0.15, -0.1) is 12.4 Å². The van der Waals surface area contributed by atoms with Crippen LogP contribution >= 0.6 is 12.4 Å². The molecule has 1 atom stereocenters. The number of nitrogens with zero attached hydrogens (tertiary/aromatic N) is 2. The Balaban J connectivity index is 0.00000180. The van der Waals surface area contributed by atoms with E-state index in [0.717, 1.165) is 19.5 Å². The molecule has 1 saturated heterocycles. The second-order valence-electron chi connectivity index (χ2n) is 4.46. The van der Waals surface area contributed by atoms with Crippen LogP contribution in [0.1, 0.15) is 16.9 Å². The van der Waals surface area contributed by atoms with Gasteiger partial charge in [-0.3, -0.25) is 4.79 Å². The molecule has 1 amide bonds. The van der Waals surface area contributed by atoms with Crippen LogP contribution in [-0.4, -0.2) is 35.0 Å². The summed E-state index contributed by atoms with van der Waals surface area (Å²) in [5, 5.41) is 16.7. The van der Waals surface area contributed by atoms with Gasteiger partial charge in [0.2, 0.25) is 0 Å². The highest BCUT2D eigenvalue weighted by Crippen LogP contribution is 2.15. The van der Waals surface area contributed by atoms with Gasteiger partial charge >= 0.3 is 5.82 Å². The van der Waals surface area contributed by atoms with E-state index < -0.39 is 4.92 Å². The SMILES string of the molecule is Cl.Cn1c(C(=O)NCC2CCNC2)ccc1[N+](=O)[O-]. The van der Waals surface area contributed by atoms with Crippen LogP contribution in [-0.2, 0) is 7.05 Å². The topological polar surface area (TPSA) is 89.2 Å². The molecule has 0 aromatic carbocycles. The Morgan fingerprint density at radius 3 is 2.89 bits per heavy atom. The van der Waals surface area contributed by atoms with E-state index in [1.54, 1.807) is 0 Å². The molecule has 1 unspecified atom stereocenters. The van der Waals surface area contributed by atoms with Gasteiger partial charge in [-0.05, 0) is 36.4 Å². The van der Waals surface area contributed by atoms with Crippen molar-refractivity contribution in [2.45, 2.75) is 6.42 Å². The number of nitrogens with one attached hydrogen (secondary N) is 2. The number of carbonyl (C=O) groups is 1. The van der Waals surface area contributed by atoms with Crippen molar-refractivity contribution in [3.8, 4) is 0 Å². The molecular formula is C11H17ClN4O3. The monoisotopic (exact) mass is 288 g/mol. The molecule has 1 aliphatic rings. The zero-order chi connectivity index (χ0) is 13.1. The molecule has 2 rings (SSSR count). The molecule has 7 nitrogen and oxygen atoms in total. The van der Waals surface area contributed by atoms with Crippen LogP contribution in [0.3, 0.4) is 0 Å². The summed E-state index contributed by atoms with van der Waals surface area (Å²) in [6.45, 7) is 2.49. The molecule has 0 bridgehead atoms. The predicted molar refractivity (Wildman–Crippen MR) is 72.6 cm³/mol. The van der Waals surface area contributed by atoms with Crippen LogP contribution in [0.25, 0.3) is 0 Å². The third-order valence-electron chi connectivity index (χ3n) is 3.23. The predicted octanol–water partition coefficient (Wildman–Crippen LogP) is 0.694. The Hall–Kier alpha value is -1.60. The van der Waals surface area contributed by atoms with Crippen molar-refractivity contribution < 1.29 is 9.72 Å². The molecule has 0 spiro atoms. The number of halogens is 1. The second kappa shape index (κ2) is 6.53. The van der Waals surface area contributed by atoms with Gasteiger partial charge in [0.15, 0.2) is 5.69 Å². The first-order valence-electron chi connectivity index (χ1n) is 5.88. The number of carbonyl (C=O) groups excluding carboxylic acids is 1. The Kier molecular flexibility index (Phi) is 5.31. The van der Waals surface area contributed by atoms with Gasteiger partial charge in [0.1, 0.15) is 0 Å². The molecule has 2 heterocycles. The van der Waals surface area contributed by atoms with Crippen LogP contribution in [0.5, 0.6) is 0 Å². The van der Waals surface area contributed by atoms with Crippen molar-refractivity contribution in [1.29, 1.82) is 0 Å². The van der Waals surface area contributed by atoms with Gasteiger partial charge in [0.05, 0.1) is 7.05 Å². The number of nitro groups is 1. The Morgan fingerprint density at radius 1 is 1.63 bits per heavy atom. The summed E-state index contributed by atoms with van der Waals surface area (Å²) >= 11 is 0. The van der Waals surface area contributed by atoms with E-state index in [9.17, 15) is 14.9 Å². The first-order chi connectivity index (χ1) is 8.59. The lowest BCUT2D eigenvalue weighted by molar-refractivity contribution is -0.391. The number of hydrogen-bond acceptors (Lipinski definition) is 4. The van der Waals surface area contributed by atoms with Crippen LogP contribution < -0.4 is 10.6 Å². The highest BCUT2D eigenvalue weighted by atomic mass is 35.5. The lowest BCUT2D eigenvalue weighted by Gasteiger charge is -2.09. The third kappa shape index (κ3) is 3.45. The van der Waals surface area contributed by atoms with Crippen molar-refractivity contribution in [2.24, 2.45) is 13.0 Å². The molecule has 0 radical (unpaired) electrons. The van der Waals surface area contributed by atoms with E-state index in [2.05, 4.69) is 10.6 Å². The fourth-order valence-electron chi connectivity index (χ4n) is 2.13. The van der Waals surface area contributed by atoms with E-state index >= 15 is 0 Å². The Labute approximate surface area is 116 Å². The van der Waals surface area contributed by atoms with E-state index in [-0.39, 0.29) is 24.1 Å². The Morgan fingerprint density at radius 2 is 2.37 bits per heavy atom.